The number of pyridine rings is 1. The predicted octanol–water partition coefficient (Wildman–Crippen LogP) is 2.37. The predicted molar refractivity (Wildman–Crippen MR) is 101 cm³/mol. The van der Waals surface area contributed by atoms with E-state index in [1.54, 1.807) is 21.6 Å². The van der Waals surface area contributed by atoms with Crippen LogP contribution in [0.3, 0.4) is 0 Å². The third-order valence-electron chi connectivity index (χ3n) is 4.56. The summed E-state index contributed by atoms with van der Waals surface area (Å²) in [6.07, 6.45) is 1.75. The molecule has 1 N–H and O–H groups in total. The Balaban J connectivity index is 1.67. The number of carbonyl (C=O) groups is 2. The molecule has 138 valence electrons. The lowest BCUT2D eigenvalue weighted by molar-refractivity contribution is 0.0294. The van der Waals surface area contributed by atoms with Crippen molar-refractivity contribution in [3.05, 3.63) is 65.7 Å². The van der Waals surface area contributed by atoms with Gasteiger partial charge in [0.2, 0.25) is 5.82 Å². The minimum atomic E-state index is -0.344. The van der Waals surface area contributed by atoms with Crippen LogP contribution in [0, 0.1) is 6.92 Å². The number of aromatic nitrogens is 2. The summed E-state index contributed by atoms with van der Waals surface area (Å²) in [7, 11) is 0. The van der Waals surface area contributed by atoms with Gasteiger partial charge in [-0.05, 0) is 31.2 Å². The first-order valence-electron chi connectivity index (χ1n) is 8.85. The highest BCUT2D eigenvalue weighted by molar-refractivity contribution is 6.08. The topological polar surface area (TPSA) is 75.9 Å². The van der Waals surface area contributed by atoms with E-state index in [2.05, 4.69) is 10.3 Å². The van der Waals surface area contributed by atoms with Gasteiger partial charge in [-0.1, -0.05) is 23.8 Å². The molecule has 0 saturated carbocycles. The largest absolute Gasteiger partial charge is 0.378 e. The third kappa shape index (κ3) is 3.41. The number of nitrogens with one attached hydrogen (secondary N) is 1. The monoisotopic (exact) mass is 364 g/mol. The van der Waals surface area contributed by atoms with Gasteiger partial charge in [-0.3, -0.25) is 14.0 Å². The molecule has 27 heavy (non-hydrogen) atoms. The van der Waals surface area contributed by atoms with Gasteiger partial charge >= 0.3 is 0 Å². The lowest BCUT2D eigenvalue weighted by Crippen LogP contribution is -2.41. The molecule has 0 bridgehead atoms. The van der Waals surface area contributed by atoms with E-state index >= 15 is 0 Å². The molecule has 2 aromatic heterocycles. The second-order valence-corrected chi connectivity index (χ2v) is 6.46. The van der Waals surface area contributed by atoms with Gasteiger partial charge in [0.25, 0.3) is 11.8 Å². The molecule has 1 aliphatic heterocycles. The number of morpholine rings is 1. The van der Waals surface area contributed by atoms with Gasteiger partial charge in [0.15, 0.2) is 5.69 Å². The van der Waals surface area contributed by atoms with Crippen molar-refractivity contribution in [3.63, 3.8) is 0 Å². The van der Waals surface area contributed by atoms with E-state index in [1.807, 2.05) is 43.3 Å². The van der Waals surface area contributed by atoms with E-state index in [4.69, 9.17) is 4.74 Å². The lowest BCUT2D eigenvalue weighted by Gasteiger charge is -2.26. The molecular formula is C20H20N4O3. The van der Waals surface area contributed by atoms with Crippen molar-refractivity contribution in [2.45, 2.75) is 6.92 Å². The normalized spacial score (nSPS) is 14.3. The molecule has 4 rings (SSSR count). The first-order chi connectivity index (χ1) is 13.1. The van der Waals surface area contributed by atoms with Crippen LogP contribution in [0.25, 0.3) is 5.52 Å². The van der Waals surface area contributed by atoms with Crippen LogP contribution in [0.2, 0.25) is 0 Å². The molecule has 0 aliphatic carbocycles. The van der Waals surface area contributed by atoms with Crippen LogP contribution in [0.1, 0.15) is 26.7 Å². The number of amides is 2. The summed E-state index contributed by atoms with van der Waals surface area (Å²) >= 11 is 0. The Labute approximate surface area is 156 Å². The summed E-state index contributed by atoms with van der Waals surface area (Å²) in [5, 5.41) is 2.85. The van der Waals surface area contributed by atoms with Crippen LogP contribution in [-0.2, 0) is 4.74 Å². The minimum absolute atomic E-state index is 0.200. The van der Waals surface area contributed by atoms with E-state index in [9.17, 15) is 9.59 Å². The van der Waals surface area contributed by atoms with Crippen LogP contribution in [0.15, 0.2) is 48.7 Å². The van der Waals surface area contributed by atoms with E-state index in [1.165, 1.54) is 0 Å². The van der Waals surface area contributed by atoms with Crippen molar-refractivity contribution >= 4 is 23.0 Å². The number of benzene rings is 1. The molecule has 1 aliphatic rings. The Morgan fingerprint density at radius 3 is 2.56 bits per heavy atom. The van der Waals surface area contributed by atoms with Crippen molar-refractivity contribution in [3.8, 4) is 0 Å². The second kappa shape index (κ2) is 7.20. The zero-order valence-electron chi connectivity index (χ0n) is 15.0. The smallest absolute Gasteiger partial charge is 0.290 e. The van der Waals surface area contributed by atoms with Gasteiger partial charge in [-0.2, -0.15) is 0 Å². The number of anilines is 1. The molecular weight excluding hydrogens is 344 g/mol. The van der Waals surface area contributed by atoms with Crippen molar-refractivity contribution in [2.24, 2.45) is 0 Å². The fraction of sp³-hybridized carbons (Fsp3) is 0.250. The van der Waals surface area contributed by atoms with Crippen LogP contribution >= 0.6 is 0 Å². The van der Waals surface area contributed by atoms with E-state index in [0.29, 0.717) is 37.5 Å². The number of hydrogen-bond donors (Lipinski definition) is 1. The average molecular weight is 364 g/mol. The Bertz CT molecular complexity index is 988. The highest BCUT2D eigenvalue weighted by Crippen LogP contribution is 2.18. The van der Waals surface area contributed by atoms with Gasteiger partial charge in [0, 0.05) is 25.0 Å². The molecule has 0 spiro atoms. The lowest BCUT2D eigenvalue weighted by atomic mass is 10.2. The third-order valence-corrected chi connectivity index (χ3v) is 4.56. The fourth-order valence-corrected chi connectivity index (χ4v) is 3.09. The number of aryl methyl sites for hydroxylation is 1. The summed E-state index contributed by atoms with van der Waals surface area (Å²) < 4.78 is 6.97. The molecule has 0 radical (unpaired) electrons. The summed E-state index contributed by atoms with van der Waals surface area (Å²) in [4.78, 5) is 31.8. The van der Waals surface area contributed by atoms with Crippen LogP contribution in [-0.4, -0.2) is 52.4 Å². The van der Waals surface area contributed by atoms with Crippen molar-refractivity contribution in [1.82, 2.24) is 14.3 Å². The molecule has 2 amide bonds. The van der Waals surface area contributed by atoms with Crippen LogP contribution < -0.4 is 5.32 Å². The quantitative estimate of drug-likeness (QED) is 0.774. The Hall–Kier alpha value is -3.19. The Morgan fingerprint density at radius 1 is 1.07 bits per heavy atom. The van der Waals surface area contributed by atoms with E-state index in [-0.39, 0.29) is 23.3 Å². The maximum absolute atomic E-state index is 12.9. The van der Waals surface area contributed by atoms with Gasteiger partial charge < -0.3 is 15.0 Å². The molecule has 3 aromatic rings. The number of carbonyl (C=O) groups excluding carboxylic acids is 2. The van der Waals surface area contributed by atoms with Crippen molar-refractivity contribution in [1.29, 1.82) is 0 Å². The van der Waals surface area contributed by atoms with Gasteiger partial charge in [0.05, 0.1) is 18.7 Å². The molecule has 1 aromatic carbocycles. The maximum atomic E-state index is 12.9. The number of fused-ring (bicyclic) bond motifs is 1. The summed E-state index contributed by atoms with van der Waals surface area (Å²) in [6.45, 7) is 4.04. The maximum Gasteiger partial charge on any atom is 0.290 e. The van der Waals surface area contributed by atoms with Crippen LogP contribution in [0.5, 0.6) is 0 Å². The standard InChI is InChI=1S/C20H20N4O3/c1-14-5-7-15(8-6-14)21-19(25)17-16-4-2-3-9-24(16)18(22-17)20(26)23-10-12-27-13-11-23/h2-9H,10-13H2,1H3,(H,21,25). The summed E-state index contributed by atoms with van der Waals surface area (Å²) in [5.41, 5.74) is 2.62. The second-order valence-electron chi connectivity index (χ2n) is 6.46. The first kappa shape index (κ1) is 17.2. The number of nitrogens with zero attached hydrogens (tertiary/aromatic N) is 3. The molecule has 0 atom stereocenters. The van der Waals surface area contributed by atoms with Gasteiger partial charge in [0.1, 0.15) is 0 Å². The Morgan fingerprint density at radius 2 is 1.81 bits per heavy atom. The molecule has 1 saturated heterocycles. The zero-order chi connectivity index (χ0) is 18.8. The molecule has 7 heteroatoms. The van der Waals surface area contributed by atoms with Gasteiger partial charge in [-0.25, -0.2) is 4.98 Å². The minimum Gasteiger partial charge on any atom is -0.378 e. The van der Waals surface area contributed by atoms with Crippen molar-refractivity contribution in [2.75, 3.05) is 31.6 Å². The number of ether oxygens (including phenoxy) is 1. The summed E-state index contributed by atoms with van der Waals surface area (Å²) in [6, 6.07) is 12.9. The number of imidazole rings is 1. The highest BCUT2D eigenvalue weighted by Gasteiger charge is 2.26. The van der Waals surface area contributed by atoms with Gasteiger partial charge in [-0.15, -0.1) is 0 Å². The number of hydrogen-bond acceptors (Lipinski definition) is 4. The highest BCUT2D eigenvalue weighted by atomic mass is 16.5. The molecule has 1 fully saturated rings. The first-order valence-corrected chi connectivity index (χ1v) is 8.85. The summed E-state index contributed by atoms with van der Waals surface area (Å²) in [5.74, 6) is -0.306. The Kier molecular flexibility index (Phi) is 4.60. The van der Waals surface area contributed by atoms with Crippen molar-refractivity contribution < 1.29 is 14.3 Å². The van der Waals surface area contributed by atoms with E-state index < -0.39 is 0 Å². The number of rotatable bonds is 3. The zero-order valence-corrected chi connectivity index (χ0v) is 15.0. The SMILES string of the molecule is Cc1ccc(NC(=O)c2nc(C(=O)N3CCOCC3)n3ccccc23)cc1. The van der Waals surface area contributed by atoms with E-state index in [0.717, 1.165) is 5.56 Å². The average Bonchev–Trinajstić information content (AvgIpc) is 3.10. The molecule has 0 unspecified atom stereocenters. The van der Waals surface area contributed by atoms with Crippen LogP contribution in [0.4, 0.5) is 5.69 Å². The fourth-order valence-electron chi connectivity index (χ4n) is 3.09. The molecule has 3 heterocycles. The molecule has 7 nitrogen and oxygen atoms in total.